The minimum Gasteiger partial charge on any atom is -0.507 e. The number of halogens is 2. The van der Waals surface area contributed by atoms with Crippen LogP contribution in [0, 0.1) is 0 Å². The Labute approximate surface area is 127 Å². The van der Waals surface area contributed by atoms with E-state index in [1.807, 2.05) is 11.9 Å². The second kappa shape index (κ2) is 7.12. The van der Waals surface area contributed by atoms with Gasteiger partial charge in [-0.2, -0.15) is 0 Å². The number of carbonyl (C=O) groups is 1. The summed E-state index contributed by atoms with van der Waals surface area (Å²) in [6, 6.07) is 5.16. The van der Waals surface area contributed by atoms with Crippen molar-refractivity contribution in [3.63, 3.8) is 0 Å². The molecular formula is C13H18BrClN2O2. The van der Waals surface area contributed by atoms with Crippen LogP contribution >= 0.6 is 28.3 Å². The number of likely N-dealkylation sites (N-methyl/N-ethyl adjacent to an activating group) is 1. The number of hydrogen-bond acceptors (Lipinski definition) is 3. The molecule has 4 nitrogen and oxygen atoms in total. The van der Waals surface area contributed by atoms with E-state index >= 15 is 0 Å². The fourth-order valence-electron chi connectivity index (χ4n) is 2.39. The van der Waals surface area contributed by atoms with Crippen molar-refractivity contribution in [2.24, 2.45) is 0 Å². The van der Waals surface area contributed by atoms with Gasteiger partial charge in [-0.05, 0) is 38.1 Å². The molecule has 19 heavy (non-hydrogen) atoms. The molecule has 1 aromatic rings. The Balaban J connectivity index is 0.00000180. The van der Waals surface area contributed by atoms with Crippen molar-refractivity contribution in [3.8, 4) is 5.75 Å². The van der Waals surface area contributed by atoms with E-state index in [1.54, 1.807) is 18.2 Å². The molecule has 1 fully saturated rings. The van der Waals surface area contributed by atoms with Gasteiger partial charge in [-0.3, -0.25) is 4.79 Å². The highest BCUT2D eigenvalue weighted by molar-refractivity contribution is 9.10. The Morgan fingerprint density at radius 2 is 2.32 bits per heavy atom. The van der Waals surface area contributed by atoms with Crippen LogP contribution in [-0.2, 0) is 0 Å². The number of nitrogens with zero attached hydrogens (tertiary/aromatic N) is 1. The summed E-state index contributed by atoms with van der Waals surface area (Å²) < 4.78 is 0.799. The maximum atomic E-state index is 12.4. The van der Waals surface area contributed by atoms with Gasteiger partial charge in [0.25, 0.3) is 5.91 Å². The van der Waals surface area contributed by atoms with Crippen LogP contribution in [0.2, 0.25) is 0 Å². The first-order valence-corrected chi connectivity index (χ1v) is 6.87. The fraction of sp³-hybridized carbons (Fsp3) is 0.462. The highest BCUT2D eigenvalue weighted by atomic mass is 79.9. The second-order valence-corrected chi connectivity index (χ2v) is 5.43. The fourth-order valence-corrected chi connectivity index (χ4v) is 2.75. The molecule has 0 spiro atoms. The third kappa shape index (κ3) is 3.61. The Bertz CT molecular complexity index is 456. The van der Waals surface area contributed by atoms with Gasteiger partial charge < -0.3 is 15.3 Å². The summed E-state index contributed by atoms with van der Waals surface area (Å²) in [6.45, 7) is 1.55. The predicted molar refractivity (Wildman–Crippen MR) is 81.0 cm³/mol. The number of rotatable bonds is 3. The quantitative estimate of drug-likeness (QED) is 0.881. The van der Waals surface area contributed by atoms with Gasteiger partial charge in [0.2, 0.25) is 0 Å². The lowest BCUT2D eigenvalue weighted by atomic mass is 10.1. The number of likely N-dealkylation sites (tertiary alicyclic amines) is 1. The number of phenols is 1. The average molecular weight is 350 g/mol. The van der Waals surface area contributed by atoms with Crippen LogP contribution in [0.5, 0.6) is 5.75 Å². The van der Waals surface area contributed by atoms with Gasteiger partial charge in [0, 0.05) is 23.6 Å². The van der Waals surface area contributed by atoms with Crippen LogP contribution < -0.4 is 5.32 Å². The molecule has 0 bridgehead atoms. The Morgan fingerprint density at radius 1 is 1.58 bits per heavy atom. The minimum atomic E-state index is -0.0912. The van der Waals surface area contributed by atoms with Gasteiger partial charge in [-0.25, -0.2) is 0 Å². The third-order valence-electron chi connectivity index (χ3n) is 3.27. The number of phenolic OH excluding ortho intramolecular Hbond substituents is 1. The van der Waals surface area contributed by atoms with Crippen LogP contribution in [0.1, 0.15) is 23.2 Å². The molecule has 2 rings (SSSR count). The van der Waals surface area contributed by atoms with E-state index in [2.05, 4.69) is 21.2 Å². The van der Waals surface area contributed by atoms with Crippen LogP contribution in [0.25, 0.3) is 0 Å². The average Bonchev–Trinajstić information content (AvgIpc) is 2.80. The number of hydrogen-bond donors (Lipinski definition) is 2. The van der Waals surface area contributed by atoms with Crippen molar-refractivity contribution in [2.45, 2.75) is 18.9 Å². The van der Waals surface area contributed by atoms with Crippen molar-refractivity contribution in [3.05, 3.63) is 28.2 Å². The van der Waals surface area contributed by atoms with Crippen molar-refractivity contribution < 1.29 is 9.90 Å². The lowest BCUT2D eigenvalue weighted by Gasteiger charge is -2.25. The maximum Gasteiger partial charge on any atom is 0.257 e. The van der Waals surface area contributed by atoms with Crippen LogP contribution in [0.4, 0.5) is 0 Å². The smallest absolute Gasteiger partial charge is 0.257 e. The molecule has 6 heteroatoms. The number of nitrogens with one attached hydrogen (secondary N) is 1. The highest BCUT2D eigenvalue weighted by Crippen LogP contribution is 2.26. The third-order valence-corrected chi connectivity index (χ3v) is 3.76. The van der Waals surface area contributed by atoms with Gasteiger partial charge >= 0.3 is 0 Å². The van der Waals surface area contributed by atoms with Crippen LogP contribution in [0.3, 0.4) is 0 Å². The summed E-state index contributed by atoms with van der Waals surface area (Å²) in [7, 11) is 1.89. The van der Waals surface area contributed by atoms with Crippen molar-refractivity contribution in [2.75, 3.05) is 20.1 Å². The molecule has 1 aromatic carbocycles. The lowest BCUT2D eigenvalue weighted by molar-refractivity contribution is 0.0734. The molecule has 1 amide bonds. The summed E-state index contributed by atoms with van der Waals surface area (Å²) in [5.74, 6) is -0.0511. The van der Waals surface area contributed by atoms with E-state index in [0.717, 1.165) is 30.4 Å². The normalized spacial score (nSPS) is 18.2. The van der Waals surface area contributed by atoms with Crippen molar-refractivity contribution >= 4 is 34.2 Å². The van der Waals surface area contributed by atoms with Crippen LogP contribution in [-0.4, -0.2) is 42.1 Å². The Kier molecular flexibility index (Phi) is 6.10. The molecule has 0 saturated carbocycles. The van der Waals surface area contributed by atoms with E-state index in [9.17, 15) is 9.90 Å². The topological polar surface area (TPSA) is 52.6 Å². The molecule has 1 saturated heterocycles. The van der Waals surface area contributed by atoms with Gasteiger partial charge in [0.1, 0.15) is 5.75 Å². The SMILES string of the molecule is CNCC1CCCN1C(=O)c1cc(Br)ccc1O.Cl. The van der Waals surface area contributed by atoms with Gasteiger partial charge in [0.15, 0.2) is 0 Å². The molecule has 2 N–H and O–H groups in total. The van der Waals surface area contributed by atoms with Crippen LogP contribution in [0.15, 0.2) is 22.7 Å². The van der Waals surface area contributed by atoms with Crippen molar-refractivity contribution in [1.29, 1.82) is 0 Å². The van der Waals surface area contributed by atoms with E-state index in [-0.39, 0.29) is 30.1 Å². The molecule has 0 aromatic heterocycles. The van der Waals surface area contributed by atoms with Gasteiger partial charge in [-0.15, -0.1) is 12.4 Å². The summed E-state index contributed by atoms with van der Waals surface area (Å²) in [5, 5.41) is 12.9. The van der Waals surface area contributed by atoms with E-state index in [1.165, 1.54) is 0 Å². The maximum absolute atomic E-state index is 12.4. The number of aromatic hydroxyl groups is 1. The number of benzene rings is 1. The Morgan fingerprint density at radius 3 is 3.00 bits per heavy atom. The predicted octanol–water partition coefficient (Wildman–Crippen LogP) is 2.40. The van der Waals surface area contributed by atoms with E-state index in [0.29, 0.717) is 5.56 Å². The molecule has 0 aliphatic carbocycles. The summed E-state index contributed by atoms with van der Waals surface area (Å²) >= 11 is 3.32. The molecule has 1 aliphatic rings. The highest BCUT2D eigenvalue weighted by Gasteiger charge is 2.30. The standard InChI is InChI=1S/C13H17BrN2O2.ClH/c1-15-8-10-3-2-6-16(10)13(18)11-7-9(14)4-5-12(11)17;/h4-5,7,10,15,17H,2-3,6,8H2,1H3;1H. The summed E-state index contributed by atoms with van der Waals surface area (Å²) in [6.07, 6.45) is 2.04. The lowest BCUT2D eigenvalue weighted by Crippen LogP contribution is -2.40. The Hall–Kier alpha value is -0.780. The van der Waals surface area contributed by atoms with E-state index < -0.39 is 0 Å². The zero-order valence-electron chi connectivity index (χ0n) is 10.7. The number of carbonyl (C=O) groups excluding carboxylic acids is 1. The molecule has 1 aliphatic heterocycles. The zero-order valence-corrected chi connectivity index (χ0v) is 13.1. The number of amides is 1. The zero-order chi connectivity index (χ0) is 13.1. The van der Waals surface area contributed by atoms with Crippen molar-refractivity contribution in [1.82, 2.24) is 10.2 Å². The second-order valence-electron chi connectivity index (χ2n) is 4.51. The molecule has 0 radical (unpaired) electrons. The molecule has 1 heterocycles. The monoisotopic (exact) mass is 348 g/mol. The minimum absolute atomic E-state index is 0. The first kappa shape index (κ1) is 16.3. The largest absolute Gasteiger partial charge is 0.507 e. The first-order chi connectivity index (χ1) is 8.63. The van der Waals surface area contributed by atoms with E-state index in [4.69, 9.17) is 0 Å². The summed E-state index contributed by atoms with van der Waals surface area (Å²) in [4.78, 5) is 14.3. The molecule has 1 unspecified atom stereocenters. The molecule has 1 atom stereocenters. The van der Waals surface area contributed by atoms with Gasteiger partial charge in [-0.1, -0.05) is 15.9 Å². The van der Waals surface area contributed by atoms with Gasteiger partial charge in [0.05, 0.1) is 5.56 Å². The summed E-state index contributed by atoms with van der Waals surface area (Å²) in [5.41, 5.74) is 0.368. The molecular weight excluding hydrogens is 332 g/mol. The first-order valence-electron chi connectivity index (χ1n) is 6.07. The molecule has 106 valence electrons.